The molecule has 1 aliphatic heterocycles. The predicted molar refractivity (Wildman–Crippen MR) is 74.6 cm³/mol. The zero-order valence-electron chi connectivity index (χ0n) is 11.0. The second-order valence-corrected chi connectivity index (χ2v) is 4.73. The normalized spacial score (nSPS) is 13.0. The quantitative estimate of drug-likeness (QED) is 0.785. The van der Waals surface area contributed by atoms with Gasteiger partial charge in [0.1, 0.15) is 0 Å². The maximum Gasteiger partial charge on any atom is 0.231 e. The third-order valence-electron chi connectivity index (χ3n) is 3.54. The van der Waals surface area contributed by atoms with Crippen LogP contribution in [0.25, 0.3) is 16.9 Å². The van der Waals surface area contributed by atoms with E-state index in [0.29, 0.717) is 17.2 Å². The molecule has 2 aromatic heterocycles. The third-order valence-corrected chi connectivity index (χ3v) is 3.54. The Bertz CT molecular complexity index is 844. The first-order valence-corrected chi connectivity index (χ1v) is 6.53. The van der Waals surface area contributed by atoms with E-state index in [-0.39, 0.29) is 24.8 Å². The van der Waals surface area contributed by atoms with E-state index in [1.54, 1.807) is 16.7 Å². The first kappa shape index (κ1) is 12.2. The molecular formula is C15H12FN3O2. The summed E-state index contributed by atoms with van der Waals surface area (Å²) in [5, 5.41) is 0. The number of hydrogen-bond donors (Lipinski definition) is 1. The third kappa shape index (κ3) is 1.76. The summed E-state index contributed by atoms with van der Waals surface area (Å²) < 4.78 is 26.2. The van der Waals surface area contributed by atoms with Crippen molar-refractivity contribution in [2.45, 2.75) is 6.54 Å². The van der Waals surface area contributed by atoms with Crippen molar-refractivity contribution in [3.8, 4) is 22.8 Å². The van der Waals surface area contributed by atoms with Crippen molar-refractivity contribution in [1.29, 1.82) is 0 Å². The predicted octanol–water partition coefficient (Wildman–Crippen LogP) is 2.33. The molecule has 106 valence electrons. The van der Waals surface area contributed by atoms with Crippen LogP contribution in [0.2, 0.25) is 0 Å². The van der Waals surface area contributed by atoms with E-state index in [1.807, 2.05) is 18.2 Å². The van der Waals surface area contributed by atoms with Crippen LogP contribution in [-0.4, -0.2) is 16.2 Å². The second-order valence-electron chi connectivity index (χ2n) is 4.73. The molecule has 6 heteroatoms. The number of pyridine rings is 1. The standard InChI is InChI=1S/C15H12FN3O2/c16-10-2-1-5-19-11(7-17)14(18-15(10)19)9-3-4-12-13(6-9)21-8-20-12/h1-6H,7-8,17H2. The number of nitrogens with zero attached hydrogens (tertiary/aromatic N) is 2. The lowest BCUT2D eigenvalue weighted by atomic mass is 10.1. The molecule has 1 aromatic carbocycles. The van der Waals surface area contributed by atoms with Crippen LogP contribution < -0.4 is 15.2 Å². The van der Waals surface area contributed by atoms with Crippen LogP contribution in [0, 0.1) is 5.82 Å². The van der Waals surface area contributed by atoms with Crippen molar-refractivity contribution >= 4 is 5.65 Å². The molecule has 5 nitrogen and oxygen atoms in total. The van der Waals surface area contributed by atoms with Crippen molar-refractivity contribution in [2.75, 3.05) is 6.79 Å². The van der Waals surface area contributed by atoms with E-state index in [1.165, 1.54) is 6.07 Å². The lowest BCUT2D eigenvalue weighted by Gasteiger charge is -2.03. The Morgan fingerprint density at radius 1 is 1.24 bits per heavy atom. The molecule has 0 spiro atoms. The highest BCUT2D eigenvalue weighted by molar-refractivity contribution is 5.70. The van der Waals surface area contributed by atoms with Crippen molar-refractivity contribution in [1.82, 2.24) is 9.38 Å². The molecule has 21 heavy (non-hydrogen) atoms. The number of nitrogens with two attached hydrogens (primary N) is 1. The lowest BCUT2D eigenvalue weighted by molar-refractivity contribution is 0.174. The summed E-state index contributed by atoms with van der Waals surface area (Å²) in [5.41, 5.74) is 8.32. The van der Waals surface area contributed by atoms with E-state index in [4.69, 9.17) is 15.2 Å². The highest BCUT2D eigenvalue weighted by atomic mass is 19.1. The number of benzene rings is 1. The largest absolute Gasteiger partial charge is 0.454 e. The molecule has 0 saturated heterocycles. The summed E-state index contributed by atoms with van der Waals surface area (Å²) >= 11 is 0. The summed E-state index contributed by atoms with van der Waals surface area (Å²) in [6, 6.07) is 8.53. The average Bonchev–Trinajstić information content (AvgIpc) is 3.10. The zero-order valence-corrected chi connectivity index (χ0v) is 11.0. The minimum atomic E-state index is -0.376. The molecule has 0 atom stereocenters. The molecular weight excluding hydrogens is 273 g/mol. The van der Waals surface area contributed by atoms with Gasteiger partial charge in [0.15, 0.2) is 23.0 Å². The summed E-state index contributed by atoms with van der Waals surface area (Å²) in [6.07, 6.45) is 1.75. The Balaban J connectivity index is 1.96. The van der Waals surface area contributed by atoms with E-state index in [2.05, 4.69) is 4.98 Å². The molecule has 3 heterocycles. The number of halogens is 1. The highest BCUT2D eigenvalue weighted by Gasteiger charge is 2.19. The fourth-order valence-electron chi connectivity index (χ4n) is 2.55. The molecule has 2 N–H and O–H groups in total. The zero-order chi connectivity index (χ0) is 14.4. The smallest absolute Gasteiger partial charge is 0.231 e. The van der Waals surface area contributed by atoms with Gasteiger partial charge in [0.05, 0.1) is 11.4 Å². The Labute approximate surface area is 119 Å². The fourth-order valence-corrected chi connectivity index (χ4v) is 2.55. The Kier molecular flexibility index (Phi) is 2.58. The summed E-state index contributed by atoms with van der Waals surface area (Å²) in [4.78, 5) is 4.39. The minimum Gasteiger partial charge on any atom is -0.454 e. The molecule has 4 rings (SSSR count). The van der Waals surface area contributed by atoms with Crippen LogP contribution in [0.1, 0.15) is 5.69 Å². The molecule has 1 aliphatic rings. The molecule has 0 fully saturated rings. The van der Waals surface area contributed by atoms with Gasteiger partial charge in [-0.1, -0.05) is 0 Å². The molecule has 0 saturated carbocycles. The van der Waals surface area contributed by atoms with Crippen LogP contribution in [0.3, 0.4) is 0 Å². The summed E-state index contributed by atoms with van der Waals surface area (Å²) in [5.74, 6) is 0.982. The maximum atomic E-state index is 13.9. The van der Waals surface area contributed by atoms with E-state index in [9.17, 15) is 4.39 Å². The van der Waals surface area contributed by atoms with Crippen LogP contribution in [0.15, 0.2) is 36.5 Å². The topological polar surface area (TPSA) is 61.8 Å². The number of aromatic nitrogens is 2. The van der Waals surface area contributed by atoms with Crippen molar-refractivity contribution in [2.24, 2.45) is 5.73 Å². The molecule has 3 aromatic rings. The summed E-state index contributed by atoms with van der Waals surface area (Å²) in [7, 11) is 0. The number of fused-ring (bicyclic) bond motifs is 2. The Hall–Kier alpha value is -2.60. The van der Waals surface area contributed by atoms with Crippen LogP contribution in [0.4, 0.5) is 4.39 Å². The Morgan fingerprint density at radius 2 is 2.10 bits per heavy atom. The second kappa shape index (κ2) is 4.46. The lowest BCUT2D eigenvalue weighted by Crippen LogP contribution is -2.02. The number of rotatable bonds is 2. The first-order valence-electron chi connectivity index (χ1n) is 6.53. The van der Waals surface area contributed by atoms with Gasteiger partial charge in [0.2, 0.25) is 6.79 Å². The van der Waals surface area contributed by atoms with Crippen molar-refractivity contribution in [3.63, 3.8) is 0 Å². The number of imidazole rings is 1. The Morgan fingerprint density at radius 3 is 2.95 bits per heavy atom. The molecule has 0 bridgehead atoms. The molecule has 0 aliphatic carbocycles. The van der Waals surface area contributed by atoms with Gasteiger partial charge in [-0.25, -0.2) is 9.37 Å². The van der Waals surface area contributed by atoms with E-state index in [0.717, 1.165) is 11.3 Å². The molecule has 0 radical (unpaired) electrons. The SMILES string of the molecule is NCc1c(-c2ccc3c(c2)OCO3)nc2c(F)cccn12. The monoisotopic (exact) mass is 285 g/mol. The minimum absolute atomic E-state index is 0.211. The van der Waals surface area contributed by atoms with Crippen LogP contribution in [-0.2, 0) is 6.54 Å². The summed E-state index contributed by atoms with van der Waals surface area (Å²) in [6.45, 7) is 0.469. The maximum absolute atomic E-state index is 13.9. The van der Waals surface area contributed by atoms with Gasteiger partial charge in [-0.05, 0) is 30.3 Å². The van der Waals surface area contributed by atoms with E-state index < -0.39 is 0 Å². The van der Waals surface area contributed by atoms with Crippen molar-refractivity contribution in [3.05, 3.63) is 48.0 Å². The molecule has 0 amide bonds. The van der Waals surface area contributed by atoms with Gasteiger partial charge >= 0.3 is 0 Å². The average molecular weight is 285 g/mol. The molecule has 0 unspecified atom stereocenters. The van der Waals surface area contributed by atoms with Crippen LogP contribution >= 0.6 is 0 Å². The van der Waals surface area contributed by atoms with E-state index >= 15 is 0 Å². The van der Waals surface area contributed by atoms with Crippen LogP contribution in [0.5, 0.6) is 11.5 Å². The van der Waals surface area contributed by atoms with Gasteiger partial charge in [-0.3, -0.25) is 4.40 Å². The van der Waals surface area contributed by atoms with Crippen molar-refractivity contribution < 1.29 is 13.9 Å². The van der Waals surface area contributed by atoms with Gasteiger partial charge < -0.3 is 15.2 Å². The number of hydrogen-bond acceptors (Lipinski definition) is 4. The van der Waals surface area contributed by atoms with Gasteiger partial charge in [-0.15, -0.1) is 0 Å². The van der Waals surface area contributed by atoms with Gasteiger partial charge in [0, 0.05) is 18.3 Å². The number of ether oxygens (including phenoxy) is 2. The van der Waals surface area contributed by atoms with Gasteiger partial charge in [-0.2, -0.15) is 0 Å². The first-order chi connectivity index (χ1) is 10.3. The fraction of sp³-hybridized carbons (Fsp3) is 0.133. The highest BCUT2D eigenvalue weighted by Crippen LogP contribution is 2.36. The van der Waals surface area contributed by atoms with Gasteiger partial charge in [0.25, 0.3) is 0 Å².